The Balaban J connectivity index is 3.28. The van der Waals surface area contributed by atoms with Gasteiger partial charge in [-0.15, -0.1) is 0 Å². The van der Waals surface area contributed by atoms with Gasteiger partial charge in [0.25, 0.3) is 0 Å². The molecule has 0 aromatic heterocycles. The van der Waals surface area contributed by atoms with Crippen molar-refractivity contribution in [3.63, 3.8) is 0 Å². The van der Waals surface area contributed by atoms with E-state index in [0.717, 1.165) is 6.07 Å². The molecule has 0 atom stereocenters. The van der Waals surface area contributed by atoms with Gasteiger partial charge in [0, 0.05) is 5.69 Å². The van der Waals surface area contributed by atoms with Crippen LogP contribution in [0.3, 0.4) is 0 Å². The van der Waals surface area contributed by atoms with E-state index in [1.807, 2.05) is 0 Å². The summed E-state index contributed by atoms with van der Waals surface area (Å²) in [5.41, 5.74) is 6.09. The van der Waals surface area contributed by atoms with Gasteiger partial charge in [-0.2, -0.15) is 0 Å². The standard InChI is InChI=1S/C9H10FNO2/c1-5-3-6(11)4-7(10)8(5)9(12)13-2/h3-4H,11H2,1-2H3. The number of rotatable bonds is 1. The largest absolute Gasteiger partial charge is 0.465 e. The number of nitrogen functional groups attached to an aromatic ring is 1. The lowest BCUT2D eigenvalue weighted by Gasteiger charge is -2.05. The molecule has 0 aliphatic rings. The van der Waals surface area contributed by atoms with Gasteiger partial charge < -0.3 is 10.5 Å². The molecule has 0 unspecified atom stereocenters. The molecule has 13 heavy (non-hydrogen) atoms. The second-order valence-electron chi connectivity index (χ2n) is 2.69. The van der Waals surface area contributed by atoms with E-state index >= 15 is 0 Å². The minimum atomic E-state index is -0.685. The molecule has 0 aliphatic heterocycles. The van der Waals surface area contributed by atoms with Crippen molar-refractivity contribution < 1.29 is 13.9 Å². The molecule has 0 spiro atoms. The first-order chi connectivity index (χ1) is 6.06. The van der Waals surface area contributed by atoms with Crippen LogP contribution >= 0.6 is 0 Å². The highest BCUT2D eigenvalue weighted by atomic mass is 19.1. The summed E-state index contributed by atoms with van der Waals surface area (Å²) in [6, 6.07) is 2.62. The van der Waals surface area contributed by atoms with Gasteiger partial charge in [-0.05, 0) is 24.6 Å². The van der Waals surface area contributed by atoms with Crippen molar-refractivity contribution >= 4 is 11.7 Å². The van der Waals surface area contributed by atoms with E-state index in [9.17, 15) is 9.18 Å². The average Bonchev–Trinajstić information content (AvgIpc) is 2.02. The molecule has 2 N–H and O–H groups in total. The van der Waals surface area contributed by atoms with E-state index < -0.39 is 11.8 Å². The summed E-state index contributed by atoms with van der Waals surface area (Å²) in [4.78, 5) is 11.1. The third-order valence-corrected chi connectivity index (χ3v) is 1.70. The fourth-order valence-electron chi connectivity index (χ4n) is 1.13. The summed E-state index contributed by atoms with van der Waals surface area (Å²) >= 11 is 0. The molecule has 1 aromatic rings. The van der Waals surface area contributed by atoms with Crippen LogP contribution in [0.4, 0.5) is 10.1 Å². The van der Waals surface area contributed by atoms with Gasteiger partial charge in [-0.1, -0.05) is 0 Å². The number of ether oxygens (including phenoxy) is 1. The molecular weight excluding hydrogens is 173 g/mol. The fourth-order valence-corrected chi connectivity index (χ4v) is 1.13. The lowest BCUT2D eigenvalue weighted by Crippen LogP contribution is -2.07. The van der Waals surface area contributed by atoms with E-state index in [1.54, 1.807) is 6.92 Å². The van der Waals surface area contributed by atoms with Crippen molar-refractivity contribution in [1.29, 1.82) is 0 Å². The Morgan fingerprint density at radius 3 is 2.62 bits per heavy atom. The minimum absolute atomic E-state index is 0.0586. The number of methoxy groups -OCH3 is 1. The third kappa shape index (κ3) is 1.77. The van der Waals surface area contributed by atoms with Crippen molar-refractivity contribution in [2.45, 2.75) is 6.92 Å². The quantitative estimate of drug-likeness (QED) is 0.530. The second kappa shape index (κ2) is 3.43. The van der Waals surface area contributed by atoms with Crippen LogP contribution < -0.4 is 5.73 Å². The van der Waals surface area contributed by atoms with E-state index in [-0.39, 0.29) is 5.56 Å². The summed E-state index contributed by atoms with van der Waals surface area (Å²) < 4.78 is 17.6. The first kappa shape index (κ1) is 9.51. The SMILES string of the molecule is COC(=O)c1c(C)cc(N)cc1F. The number of carbonyl (C=O) groups is 1. The zero-order valence-electron chi connectivity index (χ0n) is 7.43. The molecule has 1 rings (SSSR count). The number of halogens is 1. The van der Waals surface area contributed by atoms with Crippen LogP contribution in [0.5, 0.6) is 0 Å². The second-order valence-corrected chi connectivity index (χ2v) is 2.69. The number of esters is 1. The molecule has 1 aromatic carbocycles. The van der Waals surface area contributed by atoms with E-state index in [1.165, 1.54) is 13.2 Å². The summed E-state index contributed by atoms with van der Waals surface area (Å²) in [5, 5.41) is 0. The van der Waals surface area contributed by atoms with Crippen LogP contribution in [0.25, 0.3) is 0 Å². The number of nitrogens with two attached hydrogens (primary N) is 1. The van der Waals surface area contributed by atoms with Crippen molar-refractivity contribution in [2.75, 3.05) is 12.8 Å². The van der Waals surface area contributed by atoms with Crippen LogP contribution in [-0.4, -0.2) is 13.1 Å². The van der Waals surface area contributed by atoms with Gasteiger partial charge in [0.05, 0.1) is 12.7 Å². The molecule has 0 saturated carbocycles. The zero-order valence-corrected chi connectivity index (χ0v) is 7.43. The van der Waals surface area contributed by atoms with Crippen molar-refractivity contribution in [2.24, 2.45) is 0 Å². The Bertz CT molecular complexity index is 326. The lowest BCUT2D eigenvalue weighted by molar-refractivity contribution is 0.0594. The van der Waals surface area contributed by atoms with Crippen LogP contribution in [0.15, 0.2) is 12.1 Å². The van der Waals surface area contributed by atoms with E-state index in [2.05, 4.69) is 4.74 Å². The lowest BCUT2D eigenvalue weighted by atomic mass is 10.1. The molecule has 0 heterocycles. The number of aryl methyl sites for hydroxylation is 1. The predicted octanol–water partition coefficient (Wildman–Crippen LogP) is 1.50. The van der Waals surface area contributed by atoms with Gasteiger partial charge in [0.2, 0.25) is 0 Å². The Kier molecular flexibility index (Phi) is 2.51. The Morgan fingerprint density at radius 1 is 1.54 bits per heavy atom. The van der Waals surface area contributed by atoms with Gasteiger partial charge in [0.1, 0.15) is 5.82 Å². The molecule has 70 valence electrons. The smallest absolute Gasteiger partial charge is 0.341 e. The molecule has 0 radical (unpaired) electrons. The first-order valence-corrected chi connectivity index (χ1v) is 3.70. The zero-order chi connectivity index (χ0) is 10.0. The van der Waals surface area contributed by atoms with Crippen molar-refractivity contribution in [3.8, 4) is 0 Å². The van der Waals surface area contributed by atoms with Crippen LogP contribution in [0, 0.1) is 12.7 Å². The fraction of sp³-hybridized carbons (Fsp3) is 0.222. The van der Waals surface area contributed by atoms with Gasteiger partial charge >= 0.3 is 5.97 Å². The number of anilines is 1. The predicted molar refractivity (Wildman–Crippen MR) is 46.9 cm³/mol. The Hall–Kier alpha value is -1.58. The molecule has 0 bridgehead atoms. The van der Waals surface area contributed by atoms with Crippen molar-refractivity contribution in [3.05, 3.63) is 29.1 Å². The molecular formula is C9H10FNO2. The third-order valence-electron chi connectivity index (χ3n) is 1.70. The maximum atomic E-state index is 13.2. The van der Waals surface area contributed by atoms with Gasteiger partial charge in [0.15, 0.2) is 0 Å². The topological polar surface area (TPSA) is 52.3 Å². The Labute approximate surface area is 75.3 Å². The Morgan fingerprint density at radius 2 is 2.15 bits per heavy atom. The average molecular weight is 183 g/mol. The summed E-state index contributed by atoms with van der Waals surface area (Å²) in [6.45, 7) is 1.60. The summed E-state index contributed by atoms with van der Waals surface area (Å²) in [6.07, 6.45) is 0. The van der Waals surface area contributed by atoms with E-state index in [0.29, 0.717) is 11.3 Å². The maximum Gasteiger partial charge on any atom is 0.341 e. The van der Waals surface area contributed by atoms with Crippen molar-refractivity contribution in [1.82, 2.24) is 0 Å². The monoisotopic (exact) mass is 183 g/mol. The van der Waals surface area contributed by atoms with Crippen LogP contribution in [0.1, 0.15) is 15.9 Å². The van der Waals surface area contributed by atoms with Gasteiger partial charge in [-0.3, -0.25) is 0 Å². The first-order valence-electron chi connectivity index (χ1n) is 3.70. The molecule has 3 nitrogen and oxygen atoms in total. The molecule has 0 amide bonds. The van der Waals surface area contributed by atoms with E-state index in [4.69, 9.17) is 5.73 Å². The minimum Gasteiger partial charge on any atom is -0.465 e. The highest BCUT2D eigenvalue weighted by molar-refractivity contribution is 5.91. The van der Waals surface area contributed by atoms with Crippen LogP contribution in [0.2, 0.25) is 0 Å². The van der Waals surface area contributed by atoms with Crippen LogP contribution in [-0.2, 0) is 4.74 Å². The highest BCUT2D eigenvalue weighted by Gasteiger charge is 2.15. The summed E-state index contributed by atoms with van der Waals surface area (Å²) in [7, 11) is 1.21. The molecule has 0 fully saturated rings. The molecule has 0 saturated heterocycles. The number of benzene rings is 1. The normalized spacial score (nSPS) is 9.77. The number of hydrogen-bond donors (Lipinski definition) is 1. The molecule has 0 aliphatic carbocycles. The summed E-state index contributed by atoms with van der Waals surface area (Å²) in [5.74, 6) is -1.33. The molecule has 4 heteroatoms. The highest BCUT2D eigenvalue weighted by Crippen LogP contribution is 2.17. The van der Waals surface area contributed by atoms with Gasteiger partial charge in [-0.25, -0.2) is 9.18 Å². The number of carbonyl (C=O) groups excluding carboxylic acids is 1. The maximum absolute atomic E-state index is 13.2. The number of hydrogen-bond acceptors (Lipinski definition) is 3.